The van der Waals surface area contributed by atoms with E-state index in [9.17, 15) is 0 Å². The molecule has 3 unspecified atom stereocenters. The Hall–Kier alpha value is -1.36. The quantitative estimate of drug-likeness (QED) is 0.909. The average molecular weight is 331 g/mol. The predicted octanol–water partition coefficient (Wildman–Crippen LogP) is 3.80. The van der Waals surface area contributed by atoms with E-state index >= 15 is 0 Å². The second-order valence-corrected chi connectivity index (χ2v) is 7.76. The lowest BCUT2D eigenvalue weighted by molar-refractivity contribution is 0.0619. The molecule has 1 aromatic rings. The van der Waals surface area contributed by atoms with Crippen LogP contribution in [-0.4, -0.2) is 34.8 Å². The van der Waals surface area contributed by atoms with Gasteiger partial charge >= 0.3 is 0 Å². The van der Waals surface area contributed by atoms with E-state index in [0.29, 0.717) is 36.0 Å². The summed E-state index contributed by atoms with van der Waals surface area (Å²) in [7, 11) is 0. The summed E-state index contributed by atoms with van der Waals surface area (Å²) in [6.45, 7) is 3.23. The molecule has 24 heavy (non-hydrogen) atoms. The van der Waals surface area contributed by atoms with Crippen LogP contribution in [0.4, 0.5) is 5.95 Å². The molecule has 2 heterocycles. The van der Waals surface area contributed by atoms with Gasteiger partial charge in [-0.3, -0.25) is 0 Å². The molecule has 0 bridgehead atoms. The molecule has 0 radical (unpaired) electrons. The SMILES string of the molecule is CC1CCC(Oc2ccnc(NC3CCCC4OCCC34)n2)CC1. The first-order valence-corrected chi connectivity index (χ1v) is 9.66. The van der Waals surface area contributed by atoms with Gasteiger partial charge in [0.25, 0.3) is 0 Å². The molecule has 5 heteroatoms. The second kappa shape index (κ2) is 7.26. The van der Waals surface area contributed by atoms with Crippen LogP contribution in [0, 0.1) is 11.8 Å². The lowest BCUT2D eigenvalue weighted by Gasteiger charge is -2.33. The second-order valence-electron chi connectivity index (χ2n) is 7.76. The molecule has 3 fully saturated rings. The van der Waals surface area contributed by atoms with E-state index in [-0.39, 0.29) is 0 Å². The maximum absolute atomic E-state index is 6.10. The van der Waals surface area contributed by atoms with E-state index < -0.39 is 0 Å². The molecule has 1 N–H and O–H groups in total. The molecule has 5 nitrogen and oxygen atoms in total. The molecule has 1 aromatic heterocycles. The van der Waals surface area contributed by atoms with Crippen LogP contribution in [0.2, 0.25) is 0 Å². The zero-order valence-electron chi connectivity index (χ0n) is 14.6. The van der Waals surface area contributed by atoms with E-state index in [1.807, 2.05) is 12.3 Å². The van der Waals surface area contributed by atoms with E-state index in [1.165, 1.54) is 32.1 Å². The van der Waals surface area contributed by atoms with E-state index in [2.05, 4.69) is 22.2 Å². The zero-order valence-corrected chi connectivity index (χ0v) is 14.6. The predicted molar refractivity (Wildman–Crippen MR) is 93.2 cm³/mol. The first-order chi connectivity index (χ1) is 11.8. The third-order valence-electron chi connectivity index (χ3n) is 5.98. The third kappa shape index (κ3) is 3.66. The average Bonchev–Trinajstić information content (AvgIpc) is 3.07. The molecule has 3 aliphatic rings. The normalized spacial score (nSPS) is 36.1. The molecular formula is C19H29N3O2. The Morgan fingerprint density at radius 1 is 1.12 bits per heavy atom. The first kappa shape index (κ1) is 16.1. The van der Waals surface area contributed by atoms with Gasteiger partial charge in [0, 0.05) is 30.8 Å². The van der Waals surface area contributed by atoms with Crippen LogP contribution in [0.25, 0.3) is 0 Å². The smallest absolute Gasteiger partial charge is 0.226 e. The Balaban J connectivity index is 1.37. The summed E-state index contributed by atoms with van der Waals surface area (Å²) in [5, 5.41) is 3.55. The van der Waals surface area contributed by atoms with Gasteiger partial charge in [0.15, 0.2) is 0 Å². The summed E-state index contributed by atoms with van der Waals surface area (Å²) >= 11 is 0. The number of ether oxygens (including phenoxy) is 2. The van der Waals surface area contributed by atoms with Crippen molar-refractivity contribution in [1.29, 1.82) is 0 Å². The van der Waals surface area contributed by atoms with Gasteiger partial charge in [-0.25, -0.2) is 4.98 Å². The number of aromatic nitrogens is 2. The van der Waals surface area contributed by atoms with Crippen LogP contribution >= 0.6 is 0 Å². The summed E-state index contributed by atoms with van der Waals surface area (Å²) in [6, 6.07) is 2.31. The van der Waals surface area contributed by atoms with E-state index in [4.69, 9.17) is 9.47 Å². The molecule has 0 spiro atoms. The molecule has 3 atom stereocenters. The Bertz CT molecular complexity index is 545. The fraction of sp³-hybridized carbons (Fsp3) is 0.789. The summed E-state index contributed by atoms with van der Waals surface area (Å²) in [5.41, 5.74) is 0. The van der Waals surface area contributed by atoms with Gasteiger partial charge < -0.3 is 14.8 Å². The summed E-state index contributed by atoms with van der Waals surface area (Å²) in [5.74, 6) is 2.85. The van der Waals surface area contributed by atoms with Crippen molar-refractivity contribution in [1.82, 2.24) is 9.97 Å². The van der Waals surface area contributed by atoms with Crippen LogP contribution in [-0.2, 0) is 4.74 Å². The molecule has 2 aliphatic carbocycles. The highest BCUT2D eigenvalue weighted by Crippen LogP contribution is 2.35. The summed E-state index contributed by atoms with van der Waals surface area (Å²) < 4.78 is 12.0. The Labute approximate surface area is 144 Å². The topological polar surface area (TPSA) is 56.3 Å². The molecule has 4 rings (SSSR count). The van der Waals surface area contributed by atoms with Crippen LogP contribution in [0.3, 0.4) is 0 Å². The highest BCUT2D eigenvalue weighted by atomic mass is 16.5. The van der Waals surface area contributed by atoms with E-state index in [0.717, 1.165) is 31.8 Å². The van der Waals surface area contributed by atoms with Gasteiger partial charge in [-0.05, 0) is 57.3 Å². The van der Waals surface area contributed by atoms with Crippen molar-refractivity contribution in [2.45, 2.75) is 76.5 Å². The molecule has 2 saturated carbocycles. The largest absolute Gasteiger partial charge is 0.474 e. The van der Waals surface area contributed by atoms with Gasteiger partial charge in [-0.1, -0.05) is 6.92 Å². The zero-order chi connectivity index (χ0) is 16.4. The minimum absolute atomic E-state index is 0.311. The van der Waals surface area contributed by atoms with Crippen molar-refractivity contribution in [3.8, 4) is 5.88 Å². The molecule has 0 aromatic carbocycles. The fourth-order valence-corrected chi connectivity index (χ4v) is 4.52. The van der Waals surface area contributed by atoms with Crippen molar-refractivity contribution >= 4 is 5.95 Å². The van der Waals surface area contributed by atoms with Gasteiger partial charge in [0.05, 0.1) is 6.10 Å². The maximum atomic E-state index is 6.10. The Kier molecular flexibility index (Phi) is 4.88. The van der Waals surface area contributed by atoms with Gasteiger partial charge in [-0.2, -0.15) is 4.98 Å². The number of nitrogens with zero attached hydrogens (tertiary/aromatic N) is 2. The van der Waals surface area contributed by atoms with Crippen LogP contribution in [0.5, 0.6) is 5.88 Å². The molecule has 1 aliphatic heterocycles. The number of nitrogens with one attached hydrogen (secondary N) is 1. The molecule has 132 valence electrons. The monoisotopic (exact) mass is 331 g/mol. The number of anilines is 1. The van der Waals surface area contributed by atoms with Gasteiger partial charge in [0.1, 0.15) is 6.10 Å². The van der Waals surface area contributed by atoms with Crippen molar-refractivity contribution in [3.05, 3.63) is 12.3 Å². The molecule has 0 amide bonds. The minimum Gasteiger partial charge on any atom is -0.474 e. The van der Waals surface area contributed by atoms with Gasteiger partial charge in [-0.15, -0.1) is 0 Å². The summed E-state index contributed by atoms with van der Waals surface area (Å²) in [4.78, 5) is 9.02. The lowest BCUT2D eigenvalue weighted by atomic mass is 9.82. The van der Waals surface area contributed by atoms with Gasteiger partial charge in [0.2, 0.25) is 11.8 Å². The number of hydrogen-bond donors (Lipinski definition) is 1. The maximum Gasteiger partial charge on any atom is 0.226 e. The highest BCUT2D eigenvalue weighted by Gasteiger charge is 2.37. The third-order valence-corrected chi connectivity index (χ3v) is 5.98. The lowest BCUT2D eigenvalue weighted by Crippen LogP contribution is -2.38. The number of fused-ring (bicyclic) bond motifs is 1. The van der Waals surface area contributed by atoms with Crippen LogP contribution in [0.1, 0.15) is 58.3 Å². The summed E-state index contributed by atoms with van der Waals surface area (Å²) in [6.07, 6.45) is 12.1. The number of hydrogen-bond acceptors (Lipinski definition) is 5. The minimum atomic E-state index is 0.311. The first-order valence-electron chi connectivity index (χ1n) is 9.66. The standard InChI is InChI=1S/C19H29N3O2/c1-13-5-7-14(8-6-13)24-18-9-11-20-19(22-18)21-16-3-2-4-17-15(16)10-12-23-17/h9,11,13-17H,2-8,10,12H2,1H3,(H,20,21,22). The van der Waals surface area contributed by atoms with Crippen LogP contribution in [0.15, 0.2) is 12.3 Å². The van der Waals surface area contributed by atoms with Crippen molar-refractivity contribution in [2.24, 2.45) is 11.8 Å². The Morgan fingerprint density at radius 3 is 2.88 bits per heavy atom. The van der Waals surface area contributed by atoms with Crippen molar-refractivity contribution < 1.29 is 9.47 Å². The van der Waals surface area contributed by atoms with Crippen molar-refractivity contribution in [2.75, 3.05) is 11.9 Å². The number of rotatable bonds is 4. The van der Waals surface area contributed by atoms with E-state index in [1.54, 1.807) is 0 Å². The fourth-order valence-electron chi connectivity index (χ4n) is 4.52. The highest BCUT2D eigenvalue weighted by molar-refractivity contribution is 5.30. The Morgan fingerprint density at radius 2 is 2.00 bits per heavy atom. The molecule has 1 saturated heterocycles. The molecular weight excluding hydrogens is 302 g/mol. The van der Waals surface area contributed by atoms with Crippen molar-refractivity contribution in [3.63, 3.8) is 0 Å². The van der Waals surface area contributed by atoms with Crippen LogP contribution < -0.4 is 10.1 Å².